The number of amides is 1. The second-order valence-electron chi connectivity index (χ2n) is 5.89. The van der Waals surface area contributed by atoms with Crippen molar-refractivity contribution in [1.29, 1.82) is 0 Å². The van der Waals surface area contributed by atoms with Crippen molar-refractivity contribution in [3.8, 4) is 0 Å². The highest BCUT2D eigenvalue weighted by molar-refractivity contribution is 5.92. The number of fused-ring (bicyclic) bond motifs is 1. The number of hydrogen-bond donors (Lipinski definition) is 1. The smallest absolute Gasteiger partial charge is 0.274 e. The third-order valence-electron chi connectivity index (χ3n) is 4.75. The van der Waals surface area contributed by atoms with Crippen molar-refractivity contribution < 1.29 is 14.6 Å². The molecule has 2 aliphatic rings. The summed E-state index contributed by atoms with van der Waals surface area (Å²) in [4.78, 5) is 18.6. The van der Waals surface area contributed by atoms with Gasteiger partial charge in [-0.25, -0.2) is 4.98 Å². The Bertz CT molecular complexity index is 516. The lowest BCUT2D eigenvalue weighted by Crippen LogP contribution is -2.52. The lowest BCUT2D eigenvalue weighted by molar-refractivity contribution is -0.0824. The number of aromatic nitrogens is 2. The summed E-state index contributed by atoms with van der Waals surface area (Å²) in [5.74, 6) is -0.0661. The number of imidazole rings is 1. The summed E-state index contributed by atoms with van der Waals surface area (Å²) in [5.41, 5.74) is 0.170. The van der Waals surface area contributed by atoms with Crippen LogP contribution >= 0.6 is 0 Å². The second kappa shape index (κ2) is 4.86. The molecule has 1 amide bonds. The van der Waals surface area contributed by atoms with Crippen LogP contribution < -0.4 is 0 Å². The molecule has 3 rings (SSSR count). The fraction of sp³-hybridized carbons (Fsp3) is 0.714. The van der Waals surface area contributed by atoms with Crippen molar-refractivity contribution in [2.24, 2.45) is 7.05 Å². The molecule has 2 fully saturated rings. The van der Waals surface area contributed by atoms with E-state index in [1.165, 1.54) is 0 Å². The molecule has 1 aliphatic carbocycles. The number of ether oxygens (including phenoxy) is 1. The molecule has 0 unspecified atom stereocenters. The molecule has 1 saturated heterocycles. The maximum absolute atomic E-state index is 12.6. The highest BCUT2D eigenvalue weighted by Crippen LogP contribution is 2.42. The van der Waals surface area contributed by atoms with E-state index in [0.29, 0.717) is 18.7 Å². The Morgan fingerprint density at radius 2 is 2.35 bits per heavy atom. The van der Waals surface area contributed by atoms with Gasteiger partial charge in [-0.2, -0.15) is 0 Å². The minimum Gasteiger partial charge on any atom is -0.393 e. The van der Waals surface area contributed by atoms with Gasteiger partial charge in [0.1, 0.15) is 5.69 Å². The first kappa shape index (κ1) is 13.6. The number of nitrogens with zero attached hydrogens (tertiary/aromatic N) is 3. The first-order chi connectivity index (χ1) is 9.55. The predicted octanol–water partition coefficient (Wildman–Crippen LogP) is 0.565. The lowest BCUT2D eigenvalue weighted by atomic mass is 9.79. The number of aliphatic hydroxyl groups is 1. The standard InChI is InChI=1S/C14H21N3O3/c1-16-8-11(15-9-16)13(19)17-6-5-14(20-2)4-3-10(18)7-12(14)17/h8-10,12,18H,3-7H2,1-2H3/t10-,12-,14+/m0/s1. The number of aliphatic hydroxyl groups excluding tert-OH is 1. The first-order valence-electron chi connectivity index (χ1n) is 7.08. The maximum Gasteiger partial charge on any atom is 0.274 e. The molecule has 0 radical (unpaired) electrons. The third-order valence-corrected chi connectivity index (χ3v) is 4.75. The monoisotopic (exact) mass is 279 g/mol. The summed E-state index contributed by atoms with van der Waals surface area (Å²) in [5, 5.41) is 9.93. The van der Waals surface area contributed by atoms with Crippen molar-refractivity contribution in [3.05, 3.63) is 18.2 Å². The molecule has 1 saturated carbocycles. The van der Waals surface area contributed by atoms with Gasteiger partial charge >= 0.3 is 0 Å². The highest BCUT2D eigenvalue weighted by Gasteiger charge is 2.52. The predicted molar refractivity (Wildman–Crippen MR) is 72.2 cm³/mol. The Balaban J connectivity index is 1.85. The quantitative estimate of drug-likeness (QED) is 0.859. The zero-order valence-electron chi connectivity index (χ0n) is 12.0. The number of carbonyl (C=O) groups is 1. The van der Waals surface area contributed by atoms with Crippen molar-refractivity contribution in [3.63, 3.8) is 0 Å². The molecule has 1 aromatic heterocycles. The molecule has 0 aromatic carbocycles. The molecule has 1 aromatic rings. The van der Waals surface area contributed by atoms with Crippen molar-refractivity contribution in [1.82, 2.24) is 14.5 Å². The van der Waals surface area contributed by atoms with Crippen LogP contribution in [0.25, 0.3) is 0 Å². The molecule has 2 heterocycles. The van der Waals surface area contributed by atoms with Gasteiger partial charge in [0.25, 0.3) is 5.91 Å². The number of hydrogen-bond acceptors (Lipinski definition) is 4. The molecule has 6 heteroatoms. The first-order valence-corrected chi connectivity index (χ1v) is 7.08. The molecule has 3 atom stereocenters. The topological polar surface area (TPSA) is 67.6 Å². The molecular weight excluding hydrogens is 258 g/mol. The average Bonchev–Trinajstić information content (AvgIpc) is 3.02. The van der Waals surface area contributed by atoms with Gasteiger partial charge in [-0.15, -0.1) is 0 Å². The Labute approximate surface area is 118 Å². The summed E-state index contributed by atoms with van der Waals surface area (Å²) >= 11 is 0. The van der Waals surface area contributed by atoms with Gasteiger partial charge in [0.2, 0.25) is 0 Å². The zero-order chi connectivity index (χ0) is 14.3. The largest absolute Gasteiger partial charge is 0.393 e. The van der Waals surface area contributed by atoms with Crippen molar-refractivity contribution in [2.45, 2.75) is 43.4 Å². The minimum atomic E-state index is -0.347. The summed E-state index contributed by atoms with van der Waals surface area (Å²) in [6.07, 6.45) is 5.99. The minimum absolute atomic E-state index is 0.0502. The SMILES string of the molecule is CO[C@@]12CC[C@H](O)C[C@@H]1N(C(=O)c1cn(C)cn1)CC2. The van der Waals surface area contributed by atoms with E-state index in [1.807, 2.05) is 11.9 Å². The van der Waals surface area contributed by atoms with Crippen LogP contribution in [0.1, 0.15) is 36.2 Å². The van der Waals surface area contributed by atoms with E-state index in [1.54, 1.807) is 24.2 Å². The van der Waals surface area contributed by atoms with Gasteiger partial charge in [0.15, 0.2) is 0 Å². The fourth-order valence-electron chi connectivity index (χ4n) is 3.59. The summed E-state index contributed by atoms with van der Waals surface area (Å²) in [6, 6.07) is -0.0502. The van der Waals surface area contributed by atoms with Gasteiger partial charge < -0.3 is 19.3 Å². The fourth-order valence-corrected chi connectivity index (χ4v) is 3.59. The molecular formula is C14H21N3O3. The zero-order valence-corrected chi connectivity index (χ0v) is 12.0. The number of aryl methyl sites for hydroxylation is 1. The summed E-state index contributed by atoms with van der Waals surface area (Å²) in [7, 11) is 3.55. The van der Waals surface area contributed by atoms with E-state index in [9.17, 15) is 9.90 Å². The van der Waals surface area contributed by atoms with Crippen LogP contribution in [0.15, 0.2) is 12.5 Å². The molecule has 110 valence electrons. The summed E-state index contributed by atoms with van der Waals surface area (Å²) < 4.78 is 7.51. The van der Waals surface area contributed by atoms with Crippen molar-refractivity contribution >= 4 is 5.91 Å². The number of rotatable bonds is 2. The van der Waals surface area contributed by atoms with E-state index in [0.717, 1.165) is 19.3 Å². The average molecular weight is 279 g/mol. The van der Waals surface area contributed by atoms with E-state index in [2.05, 4.69) is 4.98 Å². The number of likely N-dealkylation sites (tertiary alicyclic amines) is 1. The van der Waals surface area contributed by atoms with Crippen LogP contribution in [0, 0.1) is 0 Å². The summed E-state index contributed by atoms with van der Waals surface area (Å²) in [6.45, 7) is 0.667. The van der Waals surface area contributed by atoms with Gasteiger partial charge in [0.05, 0.1) is 24.1 Å². The van der Waals surface area contributed by atoms with E-state index >= 15 is 0 Å². The molecule has 20 heavy (non-hydrogen) atoms. The van der Waals surface area contributed by atoms with Crippen LogP contribution in [0.5, 0.6) is 0 Å². The van der Waals surface area contributed by atoms with Gasteiger partial charge in [-0.1, -0.05) is 0 Å². The Hall–Kier alpha value is -1.40. The van der Waals surface area contributed by atoms with E-state index < -0.39 is 0 Å². The molecule has 0 bridgehead atoms. The second-order valence-corrected chi connectivity index (χ2v) is 5.89. The van der Waals surface area contributed by atoms with Crippen LogP contribution in [0.3, 0.4) is 0 Å². The Kier molecular flexibility index (Phi) is 3.30. The van der Waals surface area contributed by atoms with Gasteiger partial charge in [-0.05, 0) is 25.7 Å². The molecule has 0 spiro atoms. The third kappa shape index (κ3) is 2.03. The maximum atomic E-state index is 12.6. The number of methoxy groups -OCH3 is 1. The normalized spacial score (nSPS) is 33.2. The van der Waals surface area contributed by atoms with E-state index in [4.69, 9.17) is 4.74 Å². The Morgan fingerprint density at radius 3 is 3.00 bits per heavy atom. The number of carbonyl (C=O) groups excluding carboxylic acids is 1. The van der Waals surface area contributed by atoms with Crippen LogP contribution in [0.4, 0.5) is 0 Å². The van der Waals surface area contributed by atoms with E-state index in [-0.39, 0.29) is 23.7 Å². The Morgan fingerprint density at radius 1 is 1.55 bits per heavy atom. The van der Waals surface area contributed by atoms with Crippen molar-refractivity contribution in [2.75, 3.05) is 13.7 Å². The van der Waals surface area contributed by atoms with Crippen LogP contribution in [0.2, 0.25) is 0 Å². The van der Waals surface area contributed by atoms with Crippen LogP contribution in [-0.4, -0.2) is 56.9 Å². The molecule has 1 N–H and O–H groups in total. The molecule has 6 nitrogen and oxygen atoms in total. The lowest BCUT2D eigenvalue weighted by Gasteiger charge is -2.42. The van der Waals surface area contributed by atoms with Crippen LogP contribution in [-0.2, 0) is 11.8 Å². The highest BCUT2D eigenvalue weighted by atomic mass is 16.5. The van der Waals surface area contributed by atoms with Gasteiger partial charge in [-0.3, -0.25) is 4.79 Å². The molecule has 1 aliphatic heterocycles. The van der Waals surface area contributed by atoms with Gasteiger partial charge in [0, 0.05) is 26.9 Å².